The molecule has 4 nitrogen and oxygen atoms in total. The summed E-state index contributed by atoms with van der Waals surface area (Å²) in [4.78, 5) is 19.0. The van der Waals surface area contributed by atoms with Crippen LogP contribution in [0.1, 0.15) is 27.2 Å². The molecule has 0 aromatic heterocycles. The van der Waals surface area contributed by atoms with Crippen molar-refractivity contribution < 1.29 is 14.7 Å². The number of carboxylic acid groups (broad SMARTS) is 1. The molecule has 0 aliphatic rings. The lowest BCUT2D eigenvalue weighted by atomic mass is 10.1. The molecule has 0 amide bonds. The molecule has 0 saturated carbocycles. The number of hydrogen-bond acceptors (Lipinski definition) is 3. The van der Waals surface area contributed by atoms with E-state index in [4.69, 9.17) is 9.90 Å². The lowest BCUT2D eigenvalue weighted by Gasteiger charge is -2.03. The van der Waals surface area contributed by atoms with Crippen LogP contribution >= 0.6 is 0 Å². The molecule has 0 aromatic carbocycles. The maximum Gasteiger partial charge on any atom is 0.300 e. The molecular formula is C9H17NO3. The smallest absolute Gasteiger partial charge is 0.300 e. The Kier molecular flexibility index (Phi) is 9.66. The lowest BCUT2D eigenvalue weighted by molar-refractivity contribution is -0.134. The van der Waals surface area contributed by atoms with Gasteiger partial charge in [0.1, 0.15) is 5.94 Å². The van der Waals surface area contributed by atoms with Gasteiger partial charge in [-0.2, -0.15) is 0 Å². The number of aliphatic carboxylic acids is 1. The first kappa shape index (κ1) is 14.3. The fourth-order valence-corrected chi connectivity index (χ4v) is 0.603. The molecule has 0 aliphatic heterocycles. The summed E-state index contributed by atoms with van der Waals surface area (Å²) in [5.74, 6) is 1.53. The molecule has 0 radical (unpaired) electrons. The van der Waals surface area contributed by atoms with Gasteiger partial charge in [0.2, 0.25) is 0 Å². The van der Waals surface area contributed by atoms with Gasteiger partial charge in [0.15, 0.2) is 0 Å². The van der Waals surface area contributed by atoms with E-state index in [-0.39, 0.29) is 0 Å². The highest BCUT2D eigenvalue weighted by molar-refractivity contribution is 5.62. The van der Waals surface area contributed by atoms with Gasteiger partial charge in [0.05, 0.1) is 5.70 Å². The number of nitrogens with one attached hydrogen (secondary N) is 1. The minimum absolute atomic E-state index is 0.522. The summed E-state index contributed by atoms with van der Waals surface area (Å²) in [6.45, 7) is 5.21. The Balaban J connectivity index is 0. The largest absolute Gasteiger partial charge is 0.481 e. The highest BCUT2D eigenvalue weighted by atomic mass is 16.4. The Labute approximate surface area is 78.6 Å². The molecule has 0 saturated heterocycles. The minimum Gasteiger partial charge on any atom is -0.481 e. The number of carbonyl (C=O) groups is 1. The average Bonchev–Trinajstić information content (AvgIpc) is 1.98. The fraction of sp³-hybridized carbons (Fsp3) is 0.667. The second-order valence-corrected chi connectivity index (χ2v) is 2.95. The van der Waals surface area contributed by atoms with Crippen LogP contribution in [0.2, 0.25) is 0 Å². The van der Waals surface area contributed by atoms with E-state index >= 15 is 0 Å². The topological polar surface area (TPSA) is 66.4 Å². The van der Waals surface area contributed by atoms with Crippen LogP contribution in [0.15, 0.2) is 5.70 Å². The van der Waals surface area contributed by atoms with Gasteiger partial charge in [-0.05, 0) is 5.92 Å². The van der Waals surface area contributed by atoms with Crippen molar-refractivity contribution in [3.63, 3.8) is 0 Å². The first-order valence-corrected chi connectivity index (χ1v) is 4.05. The summed E-state index contributed by atoms with van der Waals surface area (Å²) < 4.78 is 0. The summed E-state index contributed by atoms with van der Waals surface area (Å²) in [5.41, 5.74) is 0.657. The molecule has 0 atom stereocenters. The Morgan fingerprint density at radius 2 is 1.92 bits per heavy atom. The van der Waals surface area contributed by atoms with Crippen molar-refractivity contribution in [2.75, 3.05) is 7.05 Å². The first-order chi connectivity index (χ1) is 5.93. The monoisotopic (exact) mass is 187 g/mol. The lowest BCUT2D eigenvalue weighted by Crippen LogP contribution is -2.08. The molecule has 0 heterocycles. The van der Waals surface area contributed by atoms with E-state index in [1.54, 1.807) is 7.05 Å². The quantitative estimate of drug-likeness (QED) is 0.648. The minimum atomic E-state index is -0.833. The van der Waals surface area contributed by atoms with Crippen molar-refractivity contribution in [3.8, 4) is 0 Å². The summed E-state index contributed by atoms with van der Waals surface area (Å²) >= 11 is 0. The molecule has 0 aliphatic carbocycles. The predicted octanol–water partition coefficient (Wildman–Crippen LogP) is 1.06. The summed E-state index contributed by atoms with van der Waals surface area (Å²) in [7, 11) is 1.74. The van der Waals surface area contributed by atoms with E-state index in [0.717, 1.165) is 13.3 Å². The van der Waals surface area contributed by atoms with Gasteiger partial charge < -0.3 is 10.4 Å². The van der Waals surface area contributed by atoms with Gasteiger partial charge in [-0.3, -0.25) is 4.79 Å². The van der Waals surface area contributed by atoms with Crippen molar-refractivity contribution in [2.45, 2.75) is 27.2 Å². The Bertz CT molecular complexity index is 189. The number of allylic oxidation sites excluding steroid dienone is 1. The molecule has 0 rings (SSSR count). The SMILES string of the molecule is CC(=O)O.CNC(=C=O)CC(C)C. The summed E-state index contributed by atoms with van der Waals surface area (Å²) in [6.07, 6.45) is 0.792. The zero-order valence-corrected chi connectivity index (χ0v) is 8.55. The average molecular weight is 187 g/mol. The van der Waals surface area contributed by atoms with E-state index < -0.39 is 5.97 Å². The predicted molar refractivity (Wildman–Crippen MR) is 51.0 cm³/mol. The Morgan fingerprint density at radius 1 is 1.54 bits per heavy atom. The van der Waals surface area contributed by atoms with Crippen molar-refractivity contribution in [2.24, 2.45) is 5.92 Å². The van der Waals surface area contributed by atoms with E-state index in [2.05, 4.69) is 19.2 Å². The van der Waals surface area contributed by atoms with E-state index in [9.17, 15) is 4.79 Å². The zero-order chi connectivity index (χ0) is 10.9. The molecule has 0 fully saturated rings. The van der Waals surface area contributed by atoms with Crippen molar-refractivity contribution in [3.05, 3.63) is 5.70 Å². The van der Waals surface area contributed by atoms with Gasteiger partial charge in [0.25, 0.3) is 5.97 Å². The van der Waals surface area contributed by atoms with Crippen molar-refractivity contribution >= 4 is 11.9 Å². The third-order valence-electron chi connectivity index (χ3n) is 1.04. The molecule has 76 valence electrons. The van der Waals surface area contributed by atoms with Gasteiger partial charge in [-0.15, -0.1) is 0 Å². The van der Waals surface area contributed by atoms with E-state index in [1.807, 2.05) is 5.94 Å². The third-order valence-corrected chi connectivity index (χ3v) is 1.04. The van der Waals surface area contributed by atoms with Gasteiger partial charge in [-0.25, -0.2) is 4.79 Å². The van der Waals surface area contributed by atoms with Crippen LogP contribution < -0.4 is 5.32 Å². The van der Waals surface area contributed by atoms with Crippen molar-refractivity contribution in [1.82, 2.24) is 5.32 Å². The molecular weight excluding hydrogens is 170 g/mol. The molecule has 0 aromatic rings. The van der Waals surface area contributed by atoms with Crippen LogP contribution in [0, 0.1) is 5.92 Å². The Morgan fingerprint density at radius 3 is 2.00 bits per heavy atom. The number of carboxylic acids is 1. The van der Waals surface area contributed by atoms with Crippen LogP contribution in [0.25, 0.3) is 0 Å². The molecule has 2 N–H and O–H groups in total. The second kappa shape index (κ2) is 8.81. The van der Waals surface area contributed by atoms with Gasteiger partial charge in [-0.1, -0.05) is 13.8 Å². The first-order valence-electron chi connectivity index (χ1n) is 4.05. The molecule has 0 spiro atoms. The molecule has 0 unspecified atom stereocenters. The van der Waals surface area contributed by atoms with Crippen LogP contribution in [0.3, 0.4) is 0 Å². The molecule has 4 heteroatoms. The van der Waals surface area contributed by atoms with E-state index in [0.29, 0.717) is 11.6 Å². The van der Waals surface area contributed by atoms with E-state index in [1.165, 1.54) is 0 Å². The number of carbonyl (C=O) groups excluding carboxylic acids is 1. The highest BCUT2D eigenvalue weighted by Crippen LogP contribution is 2.03. The second-order valence-electron chi connectivity index (χ2n) is 2.95. The van der Waals surface area contributed by atoms with Gasteiger partial charge >= 0.3 is 0 Å². The maximum absolute atomic E-state index is 10.0. The normalized spacial score (nSPS) is 8.08. The van der Waals surface area contributed by atoms with Gasteiger partial charge in [0, 0.05) is 20.4 Å². The van der Waals surface area contributed by atoms with Crippen molar-refractivity contribution in [1.29, 1.82) is 0 Å². The standard InChI is InChI=1S/C7H13NO.C2H4O2/c1-6(2)4-7(5-9)8-3;1-2(3)4/h6,8H,4H2,1-3H3;1H3,(H,3,4). The third kappa shape index (κ3) is 18.1. The highest BCUT2D eigenvalue weighted by Gasteiger charge is 1.97. The van der Waals surface area contributed by atoms with Crippen LogP contribution in [-0.4, -0.2) is 24.1 Å². The maximum atomic E-state index is 10.0. The number of hydrogen-bond donors (Lipinski definition) is 2. The Hall–Kier alpha value is -1.28. The molecule has 13 heavy (non-hydrogen) atoms. The van der Waals surface area contributed by atoms with Crippen LogP contribution in [0.5, 0.6) is 0 Å². The zero-order valence-electron chi connectivity index (χ0n) is 8.55. The van der Waals surface area contributed by atoms with Crippen LogP contribution in [0.4, 0.5) is 0 Å². The summed E-state index contributed by atoms with van der Waals surface area (Å²) in [6, 6.07) is 0. The number of rotatable bonds is 3. The molecule has 0 bridgehead atoms. The fourth-order valence-electron chi connectivity index (χ4n) is 0.603. The van der Waals surface area contributed by atoms with Crippen LogP contribution in [-0.2, 0) is 9.59 Å². The summed E-state index contributed by atoms with van der Waals surface area (Å²) in [5, 5.41) is 10.2.